The Morgan fingerprint density at radius 2 is 1.71 bits per heavy atom. The minimum atomic E-state index is 0.895. The standard InChI is InChI=1S/C15H30N2/c1-3-10-16-12-8-15(9-13-16)17-11-6-5-7-14(17)4-2/h14-15H,3-13H2,1-2H3/t14-/m1/s1. The molecule has 2 aliphatic rings. The van der Waals surface area contributed by atoms with E-state index in [0.29, 0.717) is 0 Å². The molecule has 0 aliphatic carbocycles. The molecule has 1 atom stereocenters. The van der Waals surface area contributed by atoms with Crippen LogP contribution in [0.15, 0.2) is 0 Å². The fourth-order valence-corrected chi connectivity index (χ4v) is 3.73. The molecule has 2 nitrogen and oxygen atoms in total. The molecule has 2 saturated heterocycles. The van der Waals surface area contributed by atoms with Crippen molar-refractivity contribution in [3.8, 4) is 0 Å². The Bertz CT molecular complexity index is 209. The summed E-state index contributed by atoms with van der Waals surface area (Å²) in [6.45, 7) is 10.0. The van der Waals surface area contributed by atoms with Gasteiger partial charge in [0.2, 0.25) is 0 Å². The van der Waals surface area contributed by atoms with Crippen LogP contribution in [-0.4, -0.2) is 48.1 Å². The van der Waals surface area contributed by atoms with Crippen molar-refractivity contribution in [1.29, 1.82) is 0 Å². The van der Waals surface area contributed by atoms with E-state index in [0.717, 1.165) is 12.1 Å². The highest BCUT2D eigenvalue weighted by atomic mass is 15.2. The van der Waals surface area contributed by atoms with E-state index in [2.05, 4.69) is 23.6 Å². The maximum absolute atomic E-state index is 2.85. The third-order valence-electron chi connectivity index (χ3n) is 4.71. The van der Waals surface area contributed by atoms with Crippen LogP contribution >= 0.6 is 0 Å². The molecule has 2 rings (SSSR count). The van der Waals surface area contributed by atoms with Crippen LogP contribution in [0, 0.1) is 0 Å². The Morgan fingerprint density at radius 1 is 0.941 bits per heavy atom. The molecule has 0 unspecified atom stereocenters. The molecule has 0 saturated carbocycles. The predicted octanol–water partition coefficient (Wildman–Crippen LogP) is 3.13. The minimum absolute atomic E-state index is 0.895. The summed E-state index contributed by atoms with van der Waals surface area (Å²) in [5, 5.41) is 0. The highest BCUT2D eigenvalue weighted by Gasteiger charge is 2.29. The zero-order valence-electron chi connectivity index (χ0n) is 11.8. The summed E-state index contributed by atoms with van der Waals surface area (Å²) in [6, 6.07) is 1.79. The molecule has 0 aromatic rings. The second-order valence-corrected chi connectivity index (χ2v) is 5.87. The van der Waals surface area contributed by atoms with Gasteiger partial charge >= 0.3 is 0 Å². The van der Waals surface area contributed by atoms with Gasteiger partial charge in [-0.25, -0.2) is 0 Å². The van der Waals surface area contributed by atoms with Crippen molar-refractivity contribution >= 4 is 0 Å². The summed E-state index contributed by atoms with van der Waals surface area (Å²) in [5.74, 6) is 0. The molecule has 0 spiro atoms. The van der Waals surface area contributed by atoms with E-state index < -0.39 is 0 Å². The largest absolute Gasteiger partial charge is 0.303 e. The van der Waals surface area contributed by atoms with E-state index in [9.17, 15) is 0 Å². The Hall–Kier alpha value is -0.0800. The van der Waals surface area contributed by atoms with Crippen molar-refractivity contribution in [1.82, 2.24) is 9.80 Å². The Morgan fingerprint density at radius 3 is 2.35 bits per heavy atom. The molecule has 2 fully saturated rings. The van der Waals surface area contributed by atoms with Crippen molar-refractivity contribution in [2.75, 3.05) is 26.2 Å². The Balaban J connectivity index is 1.82. The van der Waals surface area contributed by atoms with Crippen LogP contribution in [0.2, 0.25) is 0 Å². The van der Waals surface area contributed by atoms with Crippen molar-refractivity contribution in [2.45, 2.75) is 70.9 Å². The highest BCUT2D eigenvalue weighted by Crippen LogP contribution is 2.26. The van der Waals surface area contributed by atoms with Crippen LogP contribution in [0.5, 0.6) is 0 Å². The van der Waals surface area contributed by atoms with Gasteiger partial charge in [-0.1, -0.05) is 20.3 Å². The Labute approximate surface area is 107 Å². The average molecular weight is 238 g/mol. The van der Waals surface area contributed by atoms with Gasteiger partial charge in [0.1, 0.15) is 0 Å². The van der Waals surface area contributed by atoms with E-state index in [1.54, 1.807) is 0 Å². The molecule has 0 N–H and O–H groups in total. The highest BCUT2D eigenvalue weighted by molar-refractivity contribution is 4.86. The molecule has 0 radical (unpaired) electrons. The average Bonchev–Trinajstić information content (AvgIpc) is 2.40. The summed E-state index contributed by atoms with van der Waals surface area (Å²) in [5.41, 5.74) is 0. The topological polar surface area (TPSA) is 6.48 Å². The van der Waals surface area contributed by atoms with Crippen LogP contribution in [-0.2, 0) is 0 Å². The molecule has 100 valence electrons. The molecular formula is C15H30N2. The van der Waals surface area contributed by atoms with Gasteiger partial charge in [-0.3, -0.25) is 4.90 Å². The lowest BCUT2D eigenvalue weighted by atomic mass is 9.94. The predicted molar refractivity (Wildman–Crippen MR) is 74.4 cm³/mol. The van der Waals surface area contributed by atoms with Crippen molar-refractivity contribution < 1.29 is 0 Å². The van der Waals surface area contributed by atoms with Crippen LogP contribution in [0.4, 0.5) is 0 Å². The van der Waals surface area contributed by atoms with Gasteiger partial charge in [-0.15, -0.1) is 0 Å². The fourth-order valence-electron chi connectivity index (χ4n) is 3.73. The Kier molecular flexibility index (Phi) is 5.30. The molecule has 0 aromatic heterocycles. The SMILES string of the molecule is CCCN1CCC(N2CCCC[C@H]2CC)CC1. The first-order chi connectivity index (χ1) is 8.35. The summed E-state index contributed by atoms with van der Waals surface area (Å²) in [6.07, 6.45) is 9.84. The van der Waals surface area contributed by atoms with Gasteiger partial charge in [0.05, 0.1) is 0 Å². The first-order valence-electron chi connectivity index (χ1n) is 7.83. The third-order valence-corrected chi connectivity index (χ3v) is 4.71. The summed E-state index contributed by atoms with van der Waals surface area (Å²) in [4.78, 5) is 5.51. The smallest absolute Gasteiger partial charge is 0.0122 e. The van der Waals surface area contributed by atoms with Gasteiger partial charge in [-0.2, -0.15) is 0 Å². The lowest BCUT2D eigenvalue weighted by Crippen LogP contribution is -2.50. The molecule has 0 aromatic carbocycles. The molecule has 0 bridgehead atoms. The third kappa shape index (κ3) is 3.45. The van der Waals surface area contributed by atoms with Gasteiger partial charge < -0.3 is 4.90 Å². The van der Waals surface area contributed by atoms with Gasteiger partial charge in [0.15, 0.2) is 0 Å². The normalized spacial score (nSPS) is 29.6. The van der Waals surface area contributed by atoms with E-state index in [4.69, 9.17) is 0 Å². The van der Waals surface area contributed by atoms with Gasteiger partial charge in [-0.05, 0) is 64.7 Å². The first kappa shape index (κ1) is 13.4. The number of piperidine rings is 2. The van der Waals surface area contributed by atoms with Crippen LogP contribution in [0.3, 0.4) is 0 Å². The van der Waals surface area contributed by atoms with Crippen LogP contribution in [0.1, 0.15) is 58.8 Å². The second kappa shape index (κ2) is 6.75. The molecule has 17 heavy (non-hydrogen) atoms. The van der Waals surface area contributed by atoms with Gasteiger partial charge in [0, 0.05) is 12.1 Å². The molecule has 2 heterocycles. The summed E-state index contributed by atoms with van der Waals surface area (Å²) < 4.78 is 0. The van der Waals surface area contributed by atoms with E-state index in [1.165, 1.54) is 71.1 Å². The zero-order chi connectivity index (χ0) is 12.1. The quantitative estimate of drug-likeness (QED) is 0.742. The summed E-state index contributed by atoms with van der Waals surface area (Å²) >= 11 is 0. The number of likely N-dealkylation sites (tertiary alicyclic amines) is 2. The maximum atomic E-state index is 2.85. The maximum Gasteiger partial charge on any atom is 0.0122 e. The monoisotopic (exact) mass is 238 g/mol. The zero-order valence-corrected chi connectivity index (χ0v) is 11.8. The van der Waals surface area contributed by atoms with Crippen molar-refractivity contribution in [3.05, 3.63) is 0 Å². The second-order valence-electron chi connectivity index (χ2n) is 5.87. The molecule has 2 heteroatoms. The lowest BCUT2D eigenvalue weighted by molar-refractivity contribution is 0.0488. The van der Waals surface area contributed by atoms with E-state index in [1.807, 2.05) is 0 Å². The van der Waals surface area contributed by atoms with Gasteiger partial charge in [0.25, 0.3) is 0 Å². The number of nitrogens with zero attached hydrogens (tertiary/aromatic N) is 2. The minimum Gasteiger partial charge on any atom is -0.303 e. The van der Waals surface area contributed by atoms with E-state index in [-0.39, 0.29) is 0 Å². The fraction of sp³-hybridized carbons (Fsp3) is 1.00. The molecule has 2 aliphatic heterocycles. The summed E-state index contributed by atoms with van der Waals surface area (Å²) in [7, 11) is 0. The van der Waals surface area contributed by atoms with Crippen LogP contribution in [0.25, 0.3) is 0 Å². The van der Waals surface area contributed by atoms with Crippen molar-refractivity contribution in [2.24, 2.45) is 0 Å². The number of hydrogen-bond acceptors (Lipinski definition) is 2. The van der Waals surface area contributed by atoms with E-state index >= 15 is 0 Å². The molecule has 0 amide bonds. The molecular weight excluding hydrogens is 208 g/mol. The first-order valence-corrected chi connectivity index (χ1v) is 7.83. The lowest BCUT2D eigenvalue weighted by Gasteiger charge is -2.44. The van der Waals surface area contributed by atoms with Crippen LogP contribution < -0.4 is 0 Å². The number of rotatable bonds is 4. The van der Waals surface area contributed by atoms with Crippen molar-refractivity contribution in [3.63, 3.8) is 0 Å². The number of hydrogen-bond donors (Lipinski definition) is 0.